The minimum absolute atomic E-state index is 0.0415. The molecule has 3 aromatic rings. The molecular weight excluding hydrogens is 423 g/mol. The lowest BCUT2D eigenvalue weighted by molar-refractivity contribution is -0.150. The Balaban J connectivity index is 1.94. The summed E-state index contributed by atoms with van der Waals surface area (Å²) in [7, 11) is 5.94. The van der Waals surface area contributed by atoms with Crippen LogP contribution in [0.4, 0.5) is 0 Å². The number of aromatic nitrogens is 3. The van der Waals surface area contributed by atoms with E-state index in [-0.39, 0.29) is 24.2 Å². The molecule has 0 spiro atoms. The van der Waals surface area contributed by atoms with Crippen LogP contribution in [0.25, 0.3) is 0 Å². The Kier molecular flexibility index (Phi) is 6.10. The molecule has 2 radical (unpaired) electrons. The molecule has 9 heteroatoms. The predicted molar refractivity (Wildman–Crippen MR) is 122 cm³/mol. The van der Waals surface area contributed by atoms with Gasteiger partial charge in [-0.1, -0.05) is 37.5 Å². The van der Waals surface area contributed by atoms with E-state index in [1.807, 2.05) is 19.2 Å². The molecule has 3 heterocycles. The molecule has 4 rings (SSSR count). The van der Waals surface area contributed by atoms with Crippen molar-refractivity contribution in [2.75, 3.05) is 0 Å². The van der Waals surface area contributed by atoms with Crippen LogP contribution in [0, 0.1) is 5.92 Å². The molecule has 1 aromatic carbocycles. The van der Waals surface area contributed by atoms with Gasteiger partial charge in [0.05, 0.1) is 11.7 Å². The number of carbonyl (C=O) groups excluding carboxylic acids is 1. The average molecular weight is 446 g/mol. The summed E-state index contributed by atoms with van der Waals surface area (Å²) in [6.45, 7) is 3.92. The fraction of sp³-hybridized carbons (Fsp3) is 0.348. The van der Waals surface area contributed by atoms with E-state index in [2.05, 4.69) is 15.0 Å². The number of carboxylic acid groups (broad SMARTS) is 1. The second kappa shape index (κ2) is 8.82. The highest BCUT2D eigenvalue weighted by Crippen LogP contribution is 2.54. The lowest BCUT2D eigenvalue weighted by atomic mass is 9.83. The highest BCUT2D eigenvalue weighted by molar-refractivity contribution is 7.09. The Morgan fingerprint density at radius 1 is 1.28 bits per heavy atom. The van der Waals surface area contributed by atoms with E-state index in [1.165, 1.54) is 16.2 Å². The standard InChI is InChI=1S/C23H23BN4O3S/c1-14(2)11-23(22(30)31)12-17(18-13-25-6-7-26-18)19(20-27-8-9-32-20)28(23)21(29)15-4-3-5-16(24)10-15/h3-10,13-14,17,19H,11-12H2,1-2H3,(H,30,31)/t17-,19-,23+/m1/s1. The Morgan fingerprint density at radius 2 is 2.09 bits per heavy atom. The molecule has 32 heavy (non-hydrogen) atoms. The first-order chi connectivity index (χ1) is 15.3. The summed E-state index contributed by atoms with van der Waals surface area (Å²) in [5.41, 5.74) is 0.00997. The maximum Gasteiger partial charge on any atom is 0.329 e. The summed E-state index contributed by atoms with van der Waals surface area (Å²) in [5, 5.41) is 13.0. The van der Waals surface area contributed by atoms with Gasteiger partial charge in [-0.3, -0.25) is 14.8 Å². The van der Waals surface area contributed by atoms with Crippen molar-refractivity contribution in [3.8, 4) is 0 Å². The summed E-state index contributed by atoms with van der Waals surface area (Å²) < 4.78 is 0. The molecule has 7 nitrogen and oxygen atoms in total. The maximum absolute atomic E-state index is 13.9. The number of benzene rings is 1. The number of likely N-dealkylation sites (tertiary alicyclic amines) is 1. The van der Waals surface area contributed by atoms with Crippen molar-refractivity contribution in [2.45, 2.75) is 44.2 Å². The third-order valence-corrected chi connectivity index (χ3v) is 6.69. The van der Waals surface area contributed by atoms with Gasteiger partial charge >= 0.3 is 5.97 Å². The number of carboxylic acids is 1. The highest BCUT2D eigenvalue weighted by atomic mass is 32.1. The minimum Gasteiger partial charge on any atom is -0.479 e. The number of nitrogens with zero attached hydrogens (tertiary/aromatic N) is 4. The van der Waals surface area contributed by atoms with Gasteiger partial charge < -0.3 is 10.0 Å². The summed E-state index contributed by atoms with van der Waals surface area (Å²) in [5.74, 6) is -1.74. The van der Waals surface area contributed by atoms with Gasteiger partial charge in [0.15, 0.2) is 0 Å². The van der Waals surface area contributed by atoms with Gasteiger partial charge in [-0.05, 0) is 24.8 Å². The Bertz CT molecular complexity index is 1110. The fourth-order valence-electron chi connectivity index (χ4n) is 4.72. The van der Waals surface area contributed by atoms with E-state index < -0.39 is 17.6 Å². The van der Waals surface area contributed by atoms with Crippen LogP contribution in [0.15, 0.2) is 54.4 Å². The zero-order chi connectivity index (χ0) is 22.9. The van der Waals surface area contributed by atoms with Crippen LogP contribution < -0.4 is 5.46 Å². The average Bonchev–Trinajstić information content (AvgIpc) is 3.40. The molecule has 0 unspecified atom stereocenters. The normalized spacial score (nSPS) is 22.9. The van der Waals surface area contributed by atoms with Crippen molar-refractivity contribution in [3.05, 3.63) is 70.7 Å². The Labute approximate surface area is 192 Å². The highest BCUT2D eigenvalue weighted by Gasteiger charge is 2.60. The molecule has 1 N–H and O–H groups in total. The first kappa shape index (κ1) is 22.1. The van der Waals surface area contributed by atoms with Crippen LogP contribution in [0.2, 0.25) is 0 Å². The van der Waals surface area contributed by atoms with Crippen molar-refractivity contribution in [1.82, 2.24) is 19.9 Å². The fourth-order valence-corrected chi connectivity index (χ4v) is 5.51. The number of hydrogen-bond donors (Lipinski definition) is 1. The third kappa shape index (κ3) is 3.93. The van der Waals surface area contributed by atoms with Gasteiger partial charge in [0.2, 0.25) is 0 Å². The van der Waals surface area contributed by atoms with Crippen molar-refractivity contribution >= 4 is 36.5 Å². The second-order valence-corrected chi connectivity index (χ2v) is 9.42. The molecule has 2 aromatic heterocycles. The number of rotatable bonds is 6. The van der Waals surface area contributed by atoms with Gasteiger partial charge in [0, 0.05) is 41.6 Å². The van der Waals surface area contributed by atoms with Crippen LogP contribution in [0.1, 0.15) is 59.7 Å². The quantitative estimate of drug-likeness (QED) is 0.585. The van der Waals surface area contributed by atoms with Gasteiger partial charge in [-0.15, -0.1) is 11.3 Å². The van der Waals surface area contributed by atoms with E-state index in [4.69, 9.17) is 7.85 Å². The topological polar surface area (TPSA) is 96.3 Å². The number of aliphatic carboxylic acids is 1. The monoisotopic (exact) mass is 446 g/mol. The molecule has 3 atom stereocenters. The zero-order valence-electron chi connectivity index (χ0n) is 17.9. The Morgan fingerprint density at radius 3 is 2.69 bits per heavy atom. The van der Waals surface area contributed by atoms with Gasteiger partial charge in [-0.2, -0.15) is 0 Å². The SMILES string of the molecule is [B]c1cccc(C(=O)N2[C@@H](c3nccs3)[C@@H](c3cnccn3)C[C@@]2(CC(C)C)C(=O)O)c1. The molecule has 1 aliphatic heterocycles. The molecule has 162 valence electrons. The van der Waals surface area contributed by atoms with Gasteiger partial charge in [-0.25, -0.2) is 9.78 Å². The number of amides is 1. The summed E-state index contributed by atoms with van der Waals surface area (Å²) in [6, 6.07) is 6.05. The molecular formula is C23H23BN4O3S. The number of thiazole rings is 1. The van der Waals surface area contributed by atoms with Crippen LogP contribution in [0.3, 0.4) is 0 Å². The molecule has 0 saturated carbocycles. The number of carbonyl (C=O) groups is 2. The smallest absolute Gasteiger partial charge is 0.329 e. The van der Waals surface area contributed by atoms with Crippen molar-refractivity contribution in [2.24, 2.45) is 5.92 Å². The van der Waals surface area contributed by atoms with Crippen LogP contribution in [0.5, 0.6) is 0 Å². The molecule has 1 aliphatic rings. The molecule has 0 aliphatic carbocycles. The zero-order valence-corrected chi connectivity index (χ0v) is 18.7. The molecule has 0 bridgehead atoms. The van der Waals surface area contributed by atoms with Gasteiger partial charge in [0.1, 0.15) is 18.4 Å². The van der Waals surface area contributed by atoms with E-state index in [1.54, 1.807) is 49.1 Å². The lowest BCUT2D eigenvalue weighted by Crippen LogP contribution is -2.54. The predicted octanol–water partition coefficient (Wildman–Crippen LogP) is 2.97. The minimum atomic E-state index is -1.42. The first-order valence-electron chi connectivity index (χ1n) is 10.4. The second-order valence-electron chi connectivity index (χ2n) is 8.49. The van der Waals surface area contributed by atoms with E-state index >= 15 is 0 Å². The van der Waals surface area contributed by atoms with E-state index in [9.17, 15) is 14.7 Å². The van der Waals surface area contributed by atoms with Crippen LogP contribution in [-0.2, 0) is 4.79 Å². The summed E-state index contributed by atoms with van der Waals surface area (Å²) >= 11 is 1.40. The molecule has 1 saturated heterocycles. The van der Waals surface area contributed by atoms with Crippen molar-refractivity contribution in [3.63, 3.8) is 0 Å². The molecule has 1 fully saturated rings. The summed E-state index contributed by atoms with van der Waals surface area (Å²) in [4.78, 5) is 41.5. The van der Waals surface area contributed by atoms with Crippen molar-refractivity contribution < 1.29 is 14.7 Å². The Hall–Kier alpha value is -3.07. The number of hydrogen-bond acceptors (Lipinski definition) is 6. The summed E-state index contributed by atoms with van der Waals surface area (Å²) in [6.07, 6.45) is 6.99. The van der Waals surface area contributed by atoms with Crippen molar-refractivity contribution in [1.29, 1.82) is 0 Å². The van der Waals surface area contributed by atoms with Crippen LogP contribution in [-0.4, -0.2) is 50.2 Å². The van der Waals surface area contributed by atoms with E-state index in [0.717, 1.165) is 0 Å². The third-order valence-electron chi connectivity index (χ3n) is 5.84. The molecule has 1 amide bonds. The van der Waals surface area contributed by atoms with E-state index in [0.29, 0.717) is 28.1 Å². The lowest BCUT2D eigenvalue weighted by Gasteiger charge is -2.38. The van der Waals surface area contributed by atoms with Gasteiger partial charge in [0.25, 0.3) is 5.91 Å². The van der Waals surface area contributed by atoms with Crippen LogP contribution >= 0.6 is 11.3 Å². The largest absolute Gasteiger partial charge is 0.479 e. The first-order valence-corrected chi connectivity index (χ1v) is 11.3. The maximum atomic E-state index is 13.9.